The van der Waals surface area contributed by atoms with Crippen LogP contribution in [0.5, 0.6) is 0 Å². The Kier molecular flexibility index (Phi) is 7.40. The number of aromatic nitrogens is 2. The van der Waals surface area contributed by atoms with Crippen LogP contribution in [0.15, 0.2) is 60.8 Å². The average molecular weight is 535 g/mol. The molecule has 2 aromatic carbocycles. The molecule has 0 aliphatic carbocycles. The van der Waals surface area contributed by atoms with Crippen LogP contribution in [-0.4, -0.2) is 37.5 Å². The number of carbonyl (C=O) groups is 3. The monoisotopic (exact) mass is 534 g/mol. The lowest BCUT2D eigenvalue weighted by Crippen LogP contribution is -2.49. The van der Waals surface area contributed by atoms with Gasteiger partial charge in [0.25, 0.3) is 11.8 Å². The van der Waals surface area contributed by atoms with Gasteiger partial charge in [0.05, 0.1) is 11.2 Å². The Morgan fingerprint density at radius 3 is 2.45 bits per heavy atom. The summed E-state index contributed by atoms with van der Waals surface area (Å²) >= 11 is 0.725. The molecule has 1 atom stereocenters. The van der Waals surface area contributed by atoms with E-state index in [9.17, 15) is 18.8 Å². The number of fused-ring (bicyclic) bond motifs is 1. The van der Waals surface area contributed by atoms with E-state index >= 15 is 0 Å². The van der Waals surface area contributed by atoms with Gasteiger partial charge in [0, 0.05) is 23.7 Å². The summed E-state index contributed by atoms with van der Waals surface area (Å²) in [6.07, 6.45) is 1.67. The largest absolute Gasteiger partial charge is 0.395 e. The van der Waals surface area contributed by atoms with E-state index in [-0.39, 0.29) is 22.8 Å². The minimum atomic E-state index is -1.12. The molecule has 0 radical (unpaired) electrons. The molecule has 0 fully saturated rings. The van der Waals surface area contributed by atoms with Crippen LogP contribution in [0, 0.1) is 5.82 Å². The minimum Gasteiger partial charge on any atom is -0.395 e. The van der Waals surface area contributed by atoms with Crippen molar-refractivity contribution < 1.29 is 18.8 Å². The molecule has 38 heavy (non-hydrogen) atoms. The van der Waals surface area contributed by atoms with E-state index in [1.165, 1.54) is 29.2 Å². The molecule has 196 valence electrons. The Hall–Kier alpha value is -4.38. The van der Waals surface area contributed by atoms with Crippen LogP contribution in [0.1, 0.15) is 58.1 Å². The van der Waals surface area contributed by atoms with Crippen molar-refractivity contribution in [3.8, 4) is 0 Å². The van der Waals surface area contributed by atoms with Crippen molar-refractivity contribution in [1.29, 1.82) is 0 Å². The number of anilines is 1. The van der Waals surface area contributed by atoms with Crippen molar-refractivity contribution in [1.82, 2.24) is 19.6 Å². The fraction of sp³-hybridized carbons (Fsp3) is 0.222. The Bertz CT molecular complexity index is 1510. The Morgan fingerprint density at radius 2 is 1.82 bits per heavy atom. The van der Waals surface area contributed by atoms with Crippen molar-refractivity contribution >= 4 is 45.8 Å². The number of rotatable bonds is 7. The van der Waals surface area contributed by atoms with E-state index < -0.39 is 35.1 Å². The van der Waals surface area contributed by atoms with Gasteiger partial charge < -0.3 is 21.7 Å². The van der Waals surface area contributed by atoms with Gasteiger partial charge in [0.15, 0.2) is 5.69 Å². The lowest BCUT2D eigenvalue weighted by molar-refractivity contribution is -0.127. The molecule has 3 amide bonds. The molecule has 4 aromatic rings. The standard InChI is InChI=1S/C27H27FN6O3S/c1-27(2,3)32-25(36)22(17-8-11-19-16(13-17)5-4-12-31-19)34(14-15-6-9-18(28)10-7-15)26(37)23-20(29)21(24(30)35)33-38-23/h4-13,22H,14,29H2,1-3H3,(H2,30,35)(H,32,36). The first kappa shape index (κ1) is 26.7. The molecule has 2 heterocycles. The summed E-state index contributed by atoms with van der Waals surface area (Å²) in [6.45, 7) is 5.44. The van der Waals surface area contributed by atoms with Crippen molar-refractivity contribution in [3.05, 3.63) is 88.3 Å². The fourth-order valence-electron chi connectivity index (χ4n) is 4.00. The maximum atomic E-state index is 14.0. The third kappa shape index (κ3) is 5.78. The SMILES string of the molecule is CC(C)(C)NC(=O)C(c1ccc2ncccc2c1)N(Cc1ccc(F)cc1)C(=O)c1snc(C(N)=O)c1N. The van der Waals surface area contributed by atoms with Gasteiger partial charge in [-0.2, -0.15) is 4.37 Å². The molecule has 0 aliphatic heterocycles. The Labute approximate surface area is 222 Å². The highest BCUT2D eigenvalue weighted by Crippen LogP contribution is 2.32. The van der Waals surface area contributed by atoms with Crippen LogP contribution in [0.2, 0.25) is 0 Å². The molecular weight excluding hydrogens is 507 g/mol. The molecule has 1 unspecified atom stereocenters. The predicted molar refractivity (Wildman–Crippen MR) is 144 cm³/mol. The zero-order chi connectivity index (χ0) is 27.6. The number of nitrogens with two attached hydrogens (primary N) is 2. The van der Waals surface area contributed by atoms with E-state index in [0.29, 0.717) is 11.1 Å². The second-order valence-corrected chi connectivity index (χ2v) is 10.6. The maximum Gasteiger partial charge on any atom is 0.270 e. The topological polar surface area (TPSA) is 144 Å². The summed E-state index contributed by atoms with van der Waals surface area (Å²) in [6, 6.07) is 13.4. The third-order valence-electron chi connectivity index (χ3n) is 5.68. The van der Waals surface area contributed by atoms with E-state index in [1.807, 2.05) is 26.8 Å². The van der Waals surface area contributed by atoms with Crippen LogP contribution < -0.4 is 16.8 Å². The Balaban J connectivity index is 1.88. The van der Waals surface area contributed by atoms with Crippen LogP contribution in [0.25, 0.3) is 10.9 Å². The van der Waals surface area contributed by atoms with E-state index in [0.717, 1.165) is 22.4 Å². The van der Waals surface area contributed by atoms with Gasteiger partial charge in [-0.15, -0.1) is 0 Å². The number of amides is 3. The van der Waals surface area contributed by atoms with Gasteiger partial charge in [-0.25, -0.2) is 4.39 Å². The number of nitrogens with one attached hydrogen (secondary N) is 1. The molecule has 2 aromatic heterocycles. The van der Waals surface area contributed by atoms with E-state index in [2.05, 4.69) is 14.7 Å². The first-order valence-corrected chi connectivity index (χ1v) is 12.5. The van der Waals surface area contributed by atoms with Gasteiger partial charge in [0.1, 0.15) is 16.7 Å². The number of carbonyl (C=O) groups excluding carboxylic acids is 3. The Morgan fingerprint density at radius 1 is 1.11 bits per heavy atom. The highest BCUT2D eigenvalue weighted by molar-refractivity contribution is 7.09. The number of nitrogens with zero attached hydrogens (tertiary/aromatic N) is 3. The predicted octanol–water partition coefficient (Wildman–Crippen LogP) is 3.81. The lowest BCUT2D eigenvalue weighted by Gasteiger charge is -2.33. The van der Waals surface area contributed by atoms with Crippen LogP contribution >= 0.6 is 11.5 Å². The van der Waals surface area contributed by atoms with Gasteiger partial charge in [-0.1, -0.05) is 24.3 Å². The smallest absolute Gasteiger partial charge is 0.270 e. The summed E-state index contributed by atoms with van der Waals surface area (Å²) in [7, 11) is 0. The van der Waals surface area contributed by atoms with Gasteiger partial charge in [-0.3, -0.25) is 19.4 Å². The summed E-state index contributed by atoms with van der Waals surface area (Å²) in [5.41, 5.74) is 12.3. The van der Waals surface area contributed by atoms with Crippen LogP contribution in [-0.2, 0) is 11.3 Å². The van der Waals surface area contributed by atoms with Crippen LogP contribution in [0.3, 0.4) is 0 Å². The molecule has 4 rings (SSSR count). The summed E-state index contributed by atoms with van der Waals surface area (Å²) in [5.74, 6) is -2.37. The molecule has 0 aliphatic rings. The van der Waals surface area contributed by atoms with Crippen molar-refractivity contribution in [2.75, 3.05) is 5.73 Å². The summed E-state index contributed by atoms with van der Waals surface area (Å²) in [5, 5.41) is 3.74. The second kappa shape index (κ2) is 10.5. The van der Waals surface area contributed by atoms with Crippen LogP contribution in [0.4, 0.5) is 10.1 Å². The normalized spacial score (nSPS) is 12.2. The number of halogens is 1. The van der Waals surface area contributed by atoms with E-state index in [1.54, 1.807) is 30.5 Å². The number of benzene rings is 2. The molecule has 9 nitrogen and oxygen atoms in total. The zero-order valence-electron chi connectivity index (χ0n) is 21.1. The van der Waals surface area contributed by atoms with Crippen molar-refractivity contribution in [3.63, 3.8) is 0 Å². The molecule has 0 saturated carbocycles. The number of hydrogen-bond donors (Lipinski definition) is 3. The van der Waals surface area contributed by atoms with E-state index in [4.69, 9.17) is 11.5 Å². The van der Waals surface area contributed by atoms with Gasteiger partial charge >= 0.3 is 0 Å². The molecule has 5 N–H and O–H groups in total. The molecule has 0 saturated heterocycles. The summed E-state index contributed by atoms with van der Waals surface area (Å²) in [4.78, 5) is 45.2. The highest BCUT2D eigenvalue weighted by atomic mass is 32.1. The first-order valence-electron chi connectivity index (χ1n) is 11.7. The van der Waals surface area contributed by atoms with Gasteiger partial charge in [0.2, 0.25) is 5.91 Å². The molecule has 0 spiro atoms. The quantitative estimate of drug-likeness (QED) is 0.329. The minimum absolute atomic E-state index is 0.0306. The maximum absolute atomic E-state index is 14.0. The zero-order valence-corrected chi connectivity index (χ0v) is 21.9. The molecular formula is C27H27FN6O3S. The third-order valence-corrected chi connectivity index (χ3v) is 6.53. The van der Waals surface area contributed by atoms with Gasteiger partial charge in [-0.05, 0) is 73.8 Å². The first-order chi connectivity index (χ1) is 17.9. The number of primary amides is 1. The molecule has 0 bridgehead atoms. The molecule has 11 heteroatoms. The number of pyridine rings is 1. The number of nitrogen functional groups attached to an aromatic ring is 1. The highest BCUT2D eigenvalue weighted by Gasteiger charge is 2.36. The fourth-order valence-corrected chi connectivity index (χ4v) is 4.76. The van der Waals surface area contributed by atoms with Crippen molar-refractivity contribution in [2.45, 2.75) is 38.9 Å². The number of hydrogen-bond acceptors (Lipinski definition) is 7. The second-order valence-electron chi connectivity index (χ2n) is 9.80. The average Bonchev–Trinajstić information content (AvgIpc) is 3.24. The van der Waals surface area contributed by atoms with Crippen molar-refractivity contribution in [2.24, 2.45) is 5.73 Å². The lowest BCUT2D eigenvalue weighted by atomic mass is 9.99. The summed E-state index contributed by atoms with van der Waals surface area (Å²) < 4.78 is 17.6.